The molecule has 4 heteroatoms. The predicted octanol–water partition coefficient (Wildman–Crippen LogP) is 1.24. The molecule has 1 saturated heterocycles. The third-order valence-corrected chi connectivity index (χ3v) is 3.43. The summed E-state index contributed by atoms with van der Waals surface area (Å²) in [6, 6.07) is 0. The van der Waals surface area contributed by atoms with Crippen LogP contribution in [0.5, 0.6) is 0 Å². The van der Waals surface area contributed by atoms with Crippen LogP contribution in [0.4, 0.5) is 0 Å². The Bertz CT molecular complexity index is 244. The van der Waals surface area contributed by atoms with E-state index in [1.807, 2.05) is 4.90 Å². The van der Waals surface area contributed by atoms with Gasteiger partial charge in [-0.2, -0.15) is 0 Å². The van der Waals surface area contributed by atoms with E-state index in [4.69, 9.17) is 10.5 Å². The van der Waals surface area contributed by atoms with Crippen LogP contribution < -0.4 is 5.73 Å². The zero-order valence-corrected chi connectivity index (χ0v) is 11.3. The van der Waals surface area contributed by atoms with Crippen molar-refractivity contribution in [3.8, 4) is 0 Å². The van der Waals surface area contributed by atoms with Gasteiger partial charge in [0.05, 0.1) is 6.10 Å². The molecule has 0 aliphatic carbocycles. The summed E-state index contributed by atoms with van der Waals surface area (Å²) < 4.78 is 5.27. The Kier molecular flexibility index (Phi) is 5.92. The summed E-state index contributed by atoms with van der Waals surface area (Å²) in [5, 5.41) is 0. The second-order valence-corrected chi connectivity index (χ2v) is 5.42. The molecule has 1 amide bonds. The van der Waals surface area contributed by atoms with E-state index < -0.39 is 0 Å². The second kappa shape index (κ2) is 6.97. The molecule has 0 spiro atoms. The molecular formula is C13H26N2O2. The van der Waals surface area contributed by atoms with Crippen molar-refractivity contribution >= 4 is 5.91 Å². The van der Waals surface area contributed by atoms with Crippen LogP contribution in [-0.4, -0.2) is 43.7 Å². The lowest BCUT2D eigenvalue weighted by molar-refractivity contribution is -0.131. The van der Waals surface area contributed by atoms with Gasteiger partial charge in [0.1, 0.15) is 0 Å². The zero-order valence-electron chi connectivity index (χ0n) is 11.3. The van der Waals surface area contributed by atoms with Crippen LogP contribution in [0.25, 0.3) is 0 Å². The smallest absolute Gasteiger partial charge is 0.222 e. The van der Waals surface area contributed by atoms with Crippen molar-refractivity contribution in [3.63, 3.8) is 0 Å². The summed E-state index contributed by atoms with van der Waals surface area (Å²) >= 11 is 0. The minimum atomic E-state index is 0.223. The molecule has 0 saturated carbocycles. The summed E-state index contributed by atoms with van der Waals surface area (Å²) in [7, 11) is 1.71. The number of nitrogens with two attached hydrogens (primary N) is 1. The lowest BCUT2D eigenvalue weighted by atomic mass is 9.94. The standard InChI is InChI=1S/C13H26N2O2/c1-10(2)6-11(8-14)7-13(16)15-5-4-12(9-15)17-3/h10-12H,4-9,14H2,1-3H3/t11-,12?/m0/s1. The van der Waals surface area contributed by atoms with Crippen LogP contribution in [0, 0.1) is 11.8 Å². The Balaban J connectivity index is 2.37. The lowest BCUT2D eigenvalue weighted by Crippen LogP contribution is -2.33. The van der Waals surface area contributed by atoms with Crippen molar-refractivity contribution < 1.29 is 9.53 Å². The molecule has 0 radical (unpaired) electrons. The van der Waals surface area contributed by atoms with Gasteiger partial charge in [-0.15, -0.1) is 0 Å². The molecule has 4 nitrogen and oxygen atoms in total. The normalized spacial score (nSPS) is 22.2. The quantitative estimate of drug-likeness (QED) is 0.762. The number of carbonyl (C=O) groups excluding carboxylic acids is 1. The topological polar surface area (TPSA) is 55.6 Å². The van der Waals surface area contributed by atoms with Gasteiger partial charge < -0.3 is 15.4 Å². The SMILES string of the molecule is COC1CCN(C(=O)C[C@@H](CN)CC(C)C)C1. The Morgan fingerprint density at radius 1 is 1.53 bits per heavy atom. The van der Waals surface area contributed by atoms with Gasteiger partial charge in [0.15, 0.2) is 0 Å². The maximum absolute atomic E-state index is 12.1. The van der Waals surface area contributed by atoms with Gasteiger partial charge in [-0.05, 0) is 31.2 Å². The van der Waals surface area contributed by atoms with E-state index in [2.05, 4.69) is 13.8 Å². The summed E-state index contributed by atoms with van der Waals surface area (Å²) in [4.78, 5) is 14.0. The molecule has 17 heavy (non-hydrogen) atoms. The first-order valence-electron chi connectivity index (χ1n) is 6.57. The van der Waals surface area contributed by atoms with Gasteiger partial charge in [0.25, 0.3) is 0 Å². The van der Waals surface area contributed by atoms with Crippen LogP contribution in [0.1, 0.15) is 33.1 Å². The fraction of sp³-hybridized carbons (Fsp3) is 0.923. The van der Waals surface area contributed by atoms with Crippen molar-refractivity contribution in [2.75, 3.05) is 26.7 Å². The Labute approximate surface area is 104 Å². The fourth-order valence-electron chi connectivity index (χ4n) is 2.45. The first-order chi connectivity index (χ1) is 8.06. The molecule has 0 aromatic rings. The van der Waals surface area contributed by atoms with E-state index in [0.717, 1.165) is 25.9 Å². The average Bonchev–Trinajstić information content (AvgIpc) is 2.75. The molecule has 1 aliphatic heterocycles. The van der Waals surface area contributed by atoms with Crippen molar-refractivity contribution in [1.82, 2.24) is 4.90 Å². The lowest BCUT2D eigenvalue weighted by Gasteiger charge is -2.21. The first-order valence-corrected chi connectivity index (χ1v) is 6.57. The maximum Gasteiger partial charge on any atom is 0.222 e. The fourth-order valence-corrected chi connectivity index (χ4v) is 2.45. The first kappa shape index (κ1) is 14.5. The predicted molar refractivity (Wildman–Crippen MR) is 68.6 cm³/mol. The van der Waals surface area contributed by atoms with E-state index in [1.165, 1.54) is 0 Å². The number of amides is 1. The summed E-state index contributed by atoms with van der Waals surface area (Å²) in [6.45, 7) is 6.52. The number of ether oxygens (including phenoxy) is 1. The number of carbonyl (C=O) groups is 1. The highest BCUT2D eigenvalue weighted by Gasteiger charge is 2.27. The molecule has 1 fully saturated rings. The monoisotopic (exact) mass is 242 g/mol. The number of hydrogen-bond acceptors (Lipinski definition) is 3. The van der Waals surface area contributed by atoms with E-state index in [1.54, 1.807) is 7.11 Å². The summed E-state index contributed by atoms with van der Waals surface area (Å²) in [5.41, 5.74) is 5.73. The Morgan fingerprint density at radius 3 is 2.71 bits per heavy atom. The summed E-state index contributed by atoms with van der Waals surface area (Å²) in [6.07, 6.45) is 2.80. The van der Waals surface area contributed by atoms with Gasteiger partial charge >= 0.3 is 0 Å². The highest BCUT2D eigenvalue weighted by molar-refractivity contribution is 5.76. The average molecular weight is 242 g/mol. The molecule has 100 valence electrons. The molecular weight excluding hydrogens is 216 g/mol. The maximum atomic E-state index is 12.1. The molecule has 2 atom stereocenters. The van der Waals surface area contributed by atoms with Crippen molar-refractivity contribution in [3.05, 3.63) is 0 Å². The van der Waals surface area contributed by atoms with Crippen molar-refractivity contribution in [1.29, 1.82) is 0 Å². The molecule has 1 unspecified atom stereocenters. The number of nitrogens with zero attached hydrogens (tertiary/aromatic N) is 1. The molecule has 0 bridgehead atoms. The van der Waals surface area contributed by atoms with Crippen LogP contribution in [-0.2, 0) is 9.53 Å². The van der Waals surface area contributed by atoms with Gasteiger partial charge in [-0.3, -0.25) is 4.79 Å². The molecule has 0 aromatic heterocycles. The minimum absolute atomic E-state index is 0.223. The number of hydrogen-bond donors (Lipinski definition) is 1. The third-order valence-electron chi connectivity index (χ3n) is 3.43. The number of likely N-dealkylation sites (tertiary alicyclic amines) is 1. The van der Waals surface area contributed by atoms with Gasteiger partial charge in [-0.25, -0.2) is 0 Å². The minimum Gasteiger partial charge on any atom is -0.380 e. The van der Waals surface area contributed by atoms with E-state index in [-0.39, 0.29) is 12.0 Å². The second-order valence-electron chi connectivity index (χ2n) is 5.42. The molecule has 0 aromatic carbocycles. The van der Waals surface area contributed by atoms with E-state index in [0.29, 0.717) is 24.8 Å². The van der Waals surface area contributed by atoms with Crippen molar-refractivity contribution in [2.24, 2.45) is 17.6 Å². The number of rotatable bonds is 6. The van der Waals surface area contributed by atoms with Gasteiger partial charge in [0, 0.05) is 26.6 Å². The van der Waals surface area contributed by atoms with Gasteiger partial charge in [-0.1, -0.05) is 13.8 Å². The molecule has 2 N–H and O–H groups in total. The van der Waals surface area contributed by atoms with Crippen LogP contribution in [0.2, 0.25) is 0 Å². The Morgan fingerprint density at radius 2 is 2.24 bits per heavy atom. The van der Waals surface area contributed by atoms with Crippen LogP contribution in [0.3, 0.4) is 0 Å². The zero-order chi connectivity index (χ0) is 12.8. The van der Waals surface area contributed by atoms with Crippen LogP contribution >= 0.6 is 0 Å². The van der Waals surface area contributed by atoms with Gasteiger partial charge in [0.2, 0.25) is 5.91 Å². The molecule has 1 rings (SSSR count). The number of methoxy groups -OCH3 is 1. The third kappa shape index (κ3) is 4.64. The Hall–Kier alpha value is -0.610. The largest absolute Gasteiger partial charge is 0.380 e. The molecule has 1 heterocycles. The van der Waals surface area contributed by atoms with E-state index in [9.17, 15) is 4.79 Å². The summed E-state index contributed by atoms with van der Waals surface area (Å²) in [5.74, 6) is 1.16. The highest BCUT2D eigenvalue weighted by Crippen LogP contribution is 2.18. The van der Waals surface area contributed by atoms with Crippen molar-refractivity contribution in [2.45, 2.75) is 39.2 Å². The highest BCUT2D eigenvalue weighted by atomic mass is 16.5. The van der Waals surface area contributed by atoms with E-state index >= 15 is 0 Å². The van der Waals surface area contributed by atoms with Crippen LogP contribution in [0.15, 0.2) is 0 Å². The molecule has 1 aliphatic rings.